The lowest BCUT2D eigenvalue weighted by molar-refractivity contribution is 0.102. The van der Waals surface area contributed by atoms with Crippen LogP contribution in [0.5, 0.6) is 5.75 Å². The molecule has 5 heteroatoms. The average Bonchev–Trinajstić information content (AvgIpc) is 2.63. The molecule has 26 heavy (non-hydrogen) atoms. The second-order valence-corrected chi connectivity index (χ2v) is 6.70. The molecule has 0 spiro atoms. The third kappa shape index (κ3) is 4.78. The van der Waals surface area contributed by atoms with Crippen molar-refractivity contribution in [2.75, 3.05) is 5.32 Å². The molecule has 0 bridgehead atoms. The molecule has 0 aliphatic heterocycles. The molecule has 0 unspecified atom stereocenters. The fraction of sp³-hybridized carbons (Fsp3) is 0.0952. The molecule has 1 amide bonds. The Morgan fingerprint density at radius 1 is 0.962 bits per heavy atom. The zero-order valence-corrected chi connectivity index (χ0v) is 15.6. The number of carbonyl (C=O) groups is 1. The van der Waals surface area contributed by atoms with Crippen LogP contribution in [0.4, 0.5) is 5.69 Å². The van der Waals surface area contributed by atoms with Crippen molar-refractivity contribution in [1.82, 2.24) is 0 Å². The normalized spacial score (nSPS) is 10.4. The van der Waals surface area contributed by atoms with Crippen LogP contribution in [0.3, 0.4) is 0 Å². The quantitative estimate of drug-likeness (QED) is 0.573. The number of hydrogen-bond donors (Lipinski definition) is 1. The standard InChI is InChI=1S/C21H17Cl2NO2/c1-14-4-2-6-17(10-14)24-21(25)16-5-3-7-18(12-16)26-13-15-8-9-19(22)20(23)11-15/h2-12H,13H2,1H3,(H,24,25). The van der Waals surface area contributed by atoms with Crippen molar-refractivity contribution >= 4 is 34.8 Å². The Hall–Kier alpha value is -2.49. The first-order valence-corrected chi connectivity index (χ1v) is 8.82. The predicted octanol–water partition coefficient (Wildman–Crippen LogP) is 6.13. The van der Waals surface area contributed by atoms with Gasteiger partial charge >= 0.3 is 0 Å². The van der Waals surface area contributed by atoms with Crippen molar-refractivity contribution in [2.24, 2.45) is 0 Å². The summed E-state index contributed by atoms with van der Waals surface area (Å²) in [5.74, 6) is 0.420. The largest absolute Gasteiger partial charge is 0.489 e. The Labute approximate surface area is 162 Å². The minimum absolute atomic E-state index is 0.185. The molecule has 0 radical (unpaired) electrons. The highest BCUT2D eigenvalue weighted by Crippen LogP contribution is 2.24. The number of halogens is 2. The van der Waals surface area contributed by atoms with Crippen LogP contribution in [-0.2, 0) is 6.61 Å². The molecule has 0 saturated heterocycles. The number of carbonyl (C=O) groups excluding carboxylic acids is 1. The van der Waals surface area contributed by atoms with Crippen molar-refractivity contribution < 1.29 is 9.53 Å². The first kappa shape index (κ1) is 18.3. The fourth-order valence-corrected chi connectivity index (χ4v) is 2.77. The molecule has 0 heterocycles. The molecule has 3 rings (SSSR count). The Bertz CT molecular complexity index is 941. The number of benzene rings is 3. The van der Waals surface area contributed by atoms with Crippen LogP contribution in [0, 0.1) is 6.92 Å². The first-order valence-electron chi connectivity index (χ1n) is 8.06. The number of aryl methyl sites for hydroxylation is 1. The van der Waals surface area contributed by atoms with E-state index in [2.05, 4.69) is 5.32 Å². The number of hydrogen-bond acceptors (Lipinski definition) is 2. The lowest BCUT2D eigenvalue weighted by Gasteiger charge is -2.10. The molecule has 0 aliphatic rings. The zero-order chi connectivity index (χ0) is 18.5. The highest BCUT2D eigenvalue weighted by molar-refractivity contribution is 6.42. The number of ether oxygens (including phenoxy) is 1. The van der Waals surface area contributed by atoms with Gasteiger partial charge in [-0.15, -0.1) is 0 Å². The van der Waals surface area contributed by atoms with Crippen LogP contribution >= 0.6 is 23.2 Å². The van der Waals surface area contributed by atoms with Crippen LogP contribution < -0.4 is 10.1 Å². The topological polar surface area (TPSA) is 38.3 Å². The van der Waals surface area contributed by atoms with Gasteiger partial charge in [-0.2, -0.15) is 0 Å². The second kappa shape index (κ2) is 8.26. The van der Waals surface area contributed by atoms with Crippen LogP contribution in [0.2, 0.25) is 10.0 Å². The van der Waals surface area contributed by atoms with E-state index in [9.17, 15) is 4.79 Å². The number of rotatable bonds is 5. The van der Waals surface area contributed by atoms with E-state index in [1.54, 1.807) is 36.4 Å². The molecule has 0 saturated carbocycles. The van der Waals surface area contributed by atoms with E-state index in [4.69, 9.17) is 27.9 Å². The molecule has 3 nitrogen and oxygen atoms in total. The van der Waals surface area contributed by atoms with E-state index < -0.39 is 0 Å². The Morgan fingerprint density at radius 2 is 1.77 bits per heavy atom. The SMILES string of the molecule is Cc1cccc(NC(=O)c2cccc(OCc3ccc(Cl)c(Cl)c3)c2)c1. The molecule has 3 aromatic carbocycles. The molecule has 0 aliphatic carbocycles. The molecular weight excluding hydrogens is 369 g/mol. The second-order valence-electron chi connectivity index (χ2n) is 5.89. The van der Waals surface area contributed by atoms with Gasteiger partial charge in [0, 0.05) is 11.3 Å². The van der Waals surface area contributed by atoms with E-state index in [-0.39, 0.29) is 5.91 Å². The summed E-state index contributed by atoms with van der Waals surface area (Å²) in [6, 6.07) is 20.1. The van der Waals surface area contributed by atoms with Gasteiger partial charge in [0.15, 0.2) is 0 Å². The predicted molar refractivity (Wildman–Crippen MR) is 106 cm³/mol. The minimum Gasteiger partial charge on any atom is -0.489 e. The third-order valence-electron chi connectivity index (χ3n) is 3.76. The van der Waals surface area contributed by atoms with Crippen LogP contribution in [0.15, 0.2) is 66.7 Å². The minimum atomic E-state index is -0.185. The van der Waals surface area contributed by atoms with Crippen molar-refractivity contribution in [2.45, 2.75) is 13.5 Å². The maximum atomic E-state index is 12.4. The lowest BCUT2D eigenvalue weighted by Crippen LogP contribution is -2.12. The summed E-state index contributed by atoms with van der Waals surface area (Å²) in [5.41, 5.74) is 3.27. The lowest BCUT2D eigenvalue weighted by atomic mass is 10.1. The summed E-state index contributed by atoms with van der Waals surface area (Å²) in [6.45, 7) is 2.31. The Morgan fingerprint density at radius 3 is 2.54 bits per heavy atom. The summed E-state index contributed by atoms with van der Waals surface area (Å²) in [6.07, 6.45) is 0. The molecule has 0 fully saturated rings. The Balaban J connectivity index is 1.67. The summed E-state index contributed by atoms with van der Waals surface area (Å²) >= 11 is 11.9. The monoisotopic (exact) mass is 385 g/mol. The van der Waals surface area contributed by atoms with Gasteiger partial charge in [-0.1, -0.05) is 47.5 Å². The van der Waals surface area contributed by atoms with E-state index >= 15 is 0 Å². The summed E-state index contributed by atoms with van der Waals surface area (Å²) in [4.78, 5) is 12.4. The number of anilines is 1. The van der Waals surface area contributed by atoms with E-state index in [1.165, 1.54) is 0 Å². The van der Waals surface area contributed by atoms with E-state index in [0.29, 0.717) is 28.0 Å². The maximum Gasteiger partial charge on any atom is 0.255 e. The third-order valence-corrected chi connectivity index (χ3v) is 4.50. The van der Waals surface area contributed by atoms with Crippen molar-refractivity contribution in [3.8, 4) is 5.75 Å². The molecular formula is C21H17Cl2NO2. The molecule has 0 atom stereocenters. The number of amides is 1. The summed E-state index contributed by atoms with van der Waals surface area (Å²) in [5, 5.41) is 3.88. The molecule has 132 valence electrons. The highest BCUT2D eigenvalue weighted by atomic mass is 35.5. The van der Waals surface area contributed by atoms with Gasteiger partial charge in [-0.05, 0) is 60.5 Å². The van der Waals surface area contributed by atoms with E-state index in [0.717, 1.165) is 16.8 Å². The summed E-state index contributed by atoms with van der Waals surface area (Å²) in [7, 11) is 0. The fourth-order valence-electron chi connectivity index (χ4n) is 2.45. The van der Waals surface area contributed by atoms with Crippen molar-refractivity contribution in [3.05, 3.63) is 93.5 Å². The molecule has 3 aromatic rings. The van der Waals surface area contributed by atoms with Crippen LogP contribution in [0.1, 0.15) is 21.5 Å². The smallest absolute Gasteiger partial charge is 0.255 e. The van der Waals surface area contributed by atoms with E-state index in [1.807, 2.05) is 37.3 Å². The summed E-state index contributed by atoms with van der Waals surface area (Å²) < 4.78 is 5.77. The van der Waals surface area contributed by atoms with Gasteiger partial charge in [-0.25, -0.2) is 0 Å². The van der Waals surface area contributed by atoms with Gasteiger partial charge in [0.25, 0.3) is 5.91 Å². The van der Waals surface area contributed by atoms with Gasteiger partial charge < -0.3 is 10.1 Å². The van der Waals surface area contributed by atoms with Crippen molar-refractivity contribution in [1.29, 1.82) is 0 Å². The molecule has 1 N–H and O–H groups in total. The van der Waals surface area contributed by atoms with Gasteiger partial charge in [0.05, 0.1) is 10.0 Å². The zero-order valence-electron chi connectivity index (χ0n) is 14.1. The van der Waals surface area contributed by atoms with Crippen LogP contribution in [0.25, 0.3) is 0 Å². The van der Waals surface area contributed by atoms with Crippen LogP contribution in [-0.4, -0.2) is 5.91 Å². The maximum absolute atomic E-state index is 12.4. The number of nitrogens with one attached hydrogen (secondary N) is 1. The van der Waals surface area contributed by atoms with Gasteiger partial charge in [0.2, 0.25) is 0 Å². The highest BCUT2D eigenvalue weighted by Gasteiger charge is 2.08. The van der Waals surface area contributed by atoms with Gasteiger partial charge in [-0.3, -0.25) is 4.79 Å². The first-order chi connectivity index (χ1) is 12.5. The Kier molecular flexibility index (Phi) is 5.82. The average molecular weight is 386 g/mol. The van der Waals surface area contributed by atoms with Gasteiger partial charge in [0.1, 0.15) is 12.4 Å². The van der Waals surface area contributed by atoms with Crippen molar-refractivity contribution in [3.63, 3.8) is 0 Å². The molecule has 0 aromatic heterocycles.